The lowest BCUT2D eigenvalue weighted by Crippen LogP contribution is -2.13. The number of benzene rings is 2. The Hall–Kier alpha value is -1.15. The molecule has 0 aliphatic rings. The quantitative estimate of drug-likeness (QED) is 0.687. The van der Waals surface area contributed by atoms with Crippen LogP contribution in [0.3, 0.4) is 0 Å². The minimum atomic E-state index is -0.187. The highest BCUT2D eigenvalue weighted by Crippen LogP contribution is 2.33. The maximum Gasteiger partial charge on any atom is 0.123 e. The molecule has 0 aromatic heterocycles. The summed E-state index contributed by atoms with van der Waals surface area (Å²) < 4.78 is 13.0. The lowest BCUT2D eigenvalue weighted by Gasteiger charge is -2.22. The van der Waals surface area contributed by atoms with Crippen LogP contribution in [0, 0.1) is 5.82 Å². The predicted molar refractivity (Wildman–Crippen MR) is 77.7 cm³/mol. The predicted octanol–water partition coefficient (Wildman–Crippen LogP) is 5.13. The molecule has 0 N–H and O–H groups in total. The molecule has 2 heteroatoms. The van der Waals surface area contributed by atoms with E-state index in [0.29, 0.717) is 4.83 Å². The van der Waals surface area contributed by atoms with E-state index >= 15 is 0 Å². The van der Waals surface area contributed by atoms with E-state index in [0.717, 1.165) is 12.0 Å². The van der Waals surface area contributed by atoms with E-state index in [1.807, 2.05) is 30.3 Å². The summed E-state index contributed by atoms with van der Waals surface area (Å²) in [6.45, 7) is 2.15. The van der Waals surface area contributed by atoms with Crippen LogP contribution in [-0.2, 0) is 0 Å². The van der Waals surface area contributed by atoms with Gasteiger partial charge in [-0.1, -0.05) is 65.3 Å². The van der Waals surface area contributed by atoms with Gasteiger partial charge in [-0.05, 0) is 29.7 Å². The number of alkyl halides is 1. The SMILES string of the molecule is CCC(Br)C(c1ccccc1)c1ccc(F)cc1. The van der Waals surface area contributed by atoms with Crippen molar-refractivity contribution >= 4 is 15.9 Å². The maximum atomic E-state index is 13.0. The summed E-state index contributed by atoms with van der Waals surface area (Å²) in [6, 6.07) is 17.1. The summed E-state index contributed by atoms with van der Waals surface area (Å²) in [5.41, 5.74) is 2.40. The Kier molecular flexibility index (Phi) is 4.54. The Labute approximate surface area is 116 Å². The molecule has 2 unspecified atom stereocenters. The van der Waals surface area contributed by atoms with Gasteiger partial charge in [-0.25, -0.2) is 4.39 Å². The van der Waals surface area contributed by atoms with Gasteiger partial charge in [-0.15, -0.1) is 0 Å². The normalized spacial score (nSPS) is 14.2. The monoisotopic (exact) mass is 306 g/mol. The van der Waals surface area contributed by atoms with Crippen LogP contribution in [0.25, 0.3) is 0 Å². The molecule has 0 aliphatic carbocycles. The first-order chi connectivity index (χ1) is 8.72. The Morgan fingerprint density at radius 2 is 1.50 bits per heavy atom. The molecule has 0 fully saturated rings. The number of rotatable bonds is 4. The van der Waals surface area contributed by atoms with E-state index in [2.05, 4.69) is 35.0 Å². The van der Waals surface area contributed by atoms with Crippen molar-refractivity contribution < 1.29 is 4.39 Å². The van der Waals surface area contributed by atoms with Gasteiger partial charge < -0.3 is 0 Å². The Balaban J connectivity index is 2.40. The first-order valence-electron chi connectivity index (χ1n) is 6.17. The number of halogens is 2. The fourth-order valence-corrected chi connectivity index (χ4v) is 2.79. The van der Waals surface area contributed by atoms with Crippen molar-refractivity contribution in [2.24, 2.45) is 0 Å². The molecule has 0 radical (unpaired) electrons. The molecule has 18 heavy (non-hydrogen) atoms. The topological polar surface area (TPSA) is 0 Å². The molecule has 2 atom stereocenters. The summed E-state index contributed by atoms with van der Waals surface area (Å²) >= 11 is 3.74. The summed E-state index contributed by atoms with van der Waals surface area (Å²) in [6.07, 6.45) is 1.02. The third kappa shape index (κ3) is 2.99. The number of hydrogen-bond donors (Lipinski definition) is 0. The second-order valence-corrected chi connectivity index (χ2v) is 5.54. The lowest BCUT2D eigenvalue weighted by molar-refractivity contribution is 0.625. The highest BCUT2D eigenvalue weighted by atomic mass is 79.9. The Bertz CT molecular complexity index is 478. The van der Waals surface area contributed by atoms with Crippen molar-refractivity contribution in [1.82, 2.24) is 0 Å². The zero-order valence-electron chi connectivity index (χ0n) is 10.3. The standard InChI is InChI=1S/C16H16BrF/c1-2-15(17)16(12-6-4-3-5-7-12)13-8-10-14(18)11-9-13/h3-11,15-16H,2H2,1H3. The van der Waals surface area contributed by atoms with Gasteiger partial charge in [-0.3, -0.25) is 0 Å². The summed E-state index contributed by atoms with van der Waals surface area (Å²) in [5, 5.41) is 0. The van der Waals surface area contributed by atoms with Gasteiger partial charge in [-0.2, -0.15) is 0 Å². The third-order valence-corrected chi connectivity index (χ3v) is 4.32. The molecule has 0 spiro atoms. The molecule has 0 bridgehead atoms. The molecule has 0 heterocycles. The first-order valence-corrected chi connectivity index (χ1v) is 7.08. The average Bonchev–Trinajstić information content (AvgIpc) is 2.42. The Morgan fingerprint density at radius 1 is 0.944 bits per heavy atom. The molecule has 2 aromatic carbocycles. The van der Waals surface area contributed by atoms with Gasteiger partial charge in [0.05, 0.1) is 0 Å². The fraction of sp³-hybridized carbons (Fsp3) is 0.250. The van der Waals surface area contributed by atoms with E-state index in [4.69, 9.17) is 0 Å². The molecular formula is C16H16BrF. The van der Waals surface area contributed by atoms with E-state index in [9.17, 15) is 4.39 Å². The van der Waals surface area contributed by atoms with Crippen LogP contribution in [0.15, 0.2) is 54.6 Å². The fourth-order valence-electron chi connectivity index (χ4n) is 2.18. The minimum Gasteiger partial charge on any atom is -0.207 e. The molecule has 0 amide bonds. The summed E-state index contributed by atoms with van der Waals surface area (Å²) in [5.74, 6) is 0.0741. The lowest BCUT2D eigenvalue weighted by atomic mass is 9.87. The highest BCUT2D eigenvalue weighted by Gasteiger charge is 2.21. The van der Waals surface area contributed by atoms with Crippen molar-refractivity contribution in [1.29, 1.82) is 0 Å². The van der Waals surface area contributed by atoms with E-state index in [-0.39, 0.29) is 11.7 Å². The smallest absolute Gasteiger partial charge is 0.123 e. The van der Waals surface area contributed by atoms with Crippen molar-refractivity contribution in [3.05, 3.63) is 71.5 Å². The molecule has 0 saturated carbocycles. The zero-order valence-corrected chi connectivity index (χ0v) is 11.9. The average molecular weight is 307 g/mol. The minimum absolute atomic E-state index is 0.187. The molecule has 0 nitrogen and oxygen atoms in total. The Morgan fingerprint density at radius 3 is 2.06 bits per heavy atom. The van der Waals surface area contributed by atoms with Gasteiger partial charge >= 0.3 is 0 Å². The van der Waals surface area contributed by atoms with Crippen LogP contribution >= 0.6 is 15.9 Å². The zero-order chi connectivity index (χ0) is 13.0. The molecule has 94 valence electrons. The summed E-state index contributed by atoms with van der Waals surface area (Å²) in [4.78, 5) is 0.352. The summed E-state index contributed by atoms with van der Waals surface area (Å²) in [7, 11) is 0. The van der Waals surface area contributed by atoms with Crippen LogP contribution in [0.1, 0.15) is 30.4 Å². The van der Waals surface area contributed by atoms with Gasteiger partial charge in [0.2, 0.25) is 0 Å². The van der Waals surface area contributed by atoms with Gasteiger partial charge in [0.1, 0.15) is 5.82 Å². The molecule has 0 aliphatic heterocycles. The van der Waals surface area contributed by atoms with Crippen molar-refractivity contribution in [2.45, 2.75) is 24.1 Å². The highest BCUT2D eigenvalue weighted by molar-refractivity contribution is 9.09. The third-order valence-electron chi connectivity index (χ3n) is 3.14. The van der Waals surface area contributed by atoms with Crippen LogP contribution in [0.2, 0.25) is 0 Å². The van der Waals surface area contributed by atoms with E-state index < -0.39 is 0 Å². The van der Waals surface area contributed by atoms with Crippen LogP contribution in [0.5, 0.6) is 0 Å². The van der Waals surface area contributed by atoms with Crippen LogP contribution in [-0.4, -0.2) is 4.83 Å². The van der Waals surface area contributed by atoms with Gasteiger partial charge in [0.15, 0.2) is 0 Å². The van der Waals surface area contributed by atoms with Crippen molar-refractivity contribution in [3.63, 3.8) is 0 Å². The molecule has 0 saturated heterocycles. The van der Waals surface area contributed by atoms with E-state index in [1.165, 1.54) is 17.7 Å². The number of hydrogen-bond acceptors (Lipinski definition) is 0. The van der Waals surface area contributed by atoms with Crippen molar-refractivity contribution in [2.75, 3.05) is 0 Å². The van der Waals surface area contributed by atoms with E-state index in [1.54, 1.807) is 0 Å². The van der Waals surface area contributed by atoms with Crippen LogP contribution in [0.4, 0.5) is 4.39 Å². The molecular weight excluding hydrogens is 291 g/mol. The molecule has 2 aromatic rings. The van der Waals surface area contributed by atoms with Gasteiger partial charge in [0.25, 0.3) is 0 Å². The molecule has 2 rings (SSSR count). The first kappa shape index (κ1) is 13.3. The van der Waals surface area contributed by atoms with Crippen LogP contribution < -0.4 is 0 Å². The largest absolute Gasteiger partial charge is 0.207 e. The second-order valence-electron chi connectivity index (χ2n) is 4.36. The second kappa shape index (κ2) is 6.14. The van der Waals surface area contributed by atoms with Gasteiger partial charge in [0, 0.05) is 10.7 Å². The van der Waals surface area contributed by atoms with Crippen molar-refractivity contribution in [3.8, 4) is 0 Å². The maximum absolute atomic E-state index is 13.0.